The maximum absolute atomic E-state index is 11.2. The Labute approximate surface area is 85.3 Å². The Morgan fingerprint density at radius 1 is 1.43 bits per heavy atom. The molecule has 0 saturated carbocycles. The lowest BCUT2D eigenvalue weighted by Crippen LogP contribution is -2.11. The van der Waals surface area contributed by atoms with Crippen LogP contribution in [0.25, 0.3) is 0 Å². The van der Waals surface area contributed by atoms with Crippen molar-refractivity contribution in [2.75, 3.05) is 0 Å². The van der Waals surface area contributed by atoms with Gasteiger partial charge in [-0.1, -0.05) is 11.6 Å². The van der Waals surface area contributed by atoms with Crippen molar-refractivity contribution in [3.05, 3.63) is 23.0 Å². The molecule has 0 aromatic heterocycles. The minimum absolute atomic E-state index is 0.0402. The van der Waals surface area contributed by atoms with Gasteiger partial charge in [-0.3, -0.25) is 4.79 Å². The van der Waals surface area contributed by atoms with Gasteiger partial charge in [-0.05, 0) is 45.1 Å². The Kier molecular flexibility index (Phi) is 3.93. The minimum Gasteiger partial charge on any atom is -0.504 e. The zero-order chi connectivity index (χ0) is 10.6. The van der Waals surface area contributed by atoms with E-state index in [-0.39, 0.29) is 11.5 Å². The van der Waals surface area contributed by atoms with Gasteiger partial charge >= 0.3 is 0 Å². The number of hydrogen-bond acceptors (Lipinski definition) is 2. The first-order chi connectivity index (χ1) is 6.61. The summed E-state index contributed by atoms with van der Waals surface area (Å²) in [6, 6.07) is 0. The van der Waals surface area contributed by atoms with Gasteiger partial charge in [-0.25, -0.2) is 0 Å². The monoisotopic (exact) mass is 194 g/mol. The highest BCUT2D eigenvalue weighted by atomic mass is 16.3. The molecule has 0 fully saturated rings. The largest absolute Gasteiger partial charge is 0.504 e. The molecule has 2 nitrogen and oxygen atoms in total. The van der Waals surface area contributed by atoms with Gasteiger partial charge < -0.3 is 5.11 Å². The number of Topliss-reactive ketones (excluding diaryl/α,β-unsaturated/α-hetero) is 1. The van der Waals surface area contributed by atoms with E-state index in [4.69, 9.17) is 0 Å². The lowest BCUT2D eigenvalue weighted by Gasteiger charge is -2.14. The first-order valence-corrected chi connectivity index (χ1v) is 5.19. The van der Waals surface area contributed by atoms with Gasteiger partial charge in [0.05, 0.1) is 0 Å². The number of carbonyl (C=O) groups excluding carboxylic acids is 1. The zero-order valence-electron chi connectivity index (χ0n) is 8.97. The van der Waals surface area contributed by atoms with E-state index in [2.05, 4.69) is 19.9 Å². The number of carbonyl (C=O) groups is 1. The topological polar surface area (TPSA) is 37.3 Å². The van der Waals surface area contributed by atoms with Gasteiger partial charge in [0, 0.05) is 6.42 Å². The number of allylic oxidation sites excluding steroid dienone is 4. The fourth-order valence-corrected chi connectivity index (χ4v) is 1.67. The van der Waals surface area contributed by atoms with Crippen molar-refractivity contribution in [3.8, 4) is 0 Å². The molecule has 1 rings (SSSR count). The SMILES string of the molecule is CC(C)=CCCC1=C(O)C(=O)CCC1. The van der Waals surface area contributed by atoms with Crippen LogP contribution >= 0.6 is 0 Å². The molecule has 1 aliphatic rings. The van der Waals surface area contributed by atoms with Crippen molar-refractivity contribution >= 4 is 5.78 Å². The molecule has 0 aromatic carbocycles. The van der Waals surface area contributed by atoms with Crippen LogP contribution in [-0.2, 0) is 4.79 Å². The molecular formula is C12H18O2. The molecule has 0 spiro atoms. The summed E-state index contributed by atoms with van der Waals surface area (Å²) in [5.41, 5.74) is 2.23. The summed E-state index contributed by atoms with van der Waals surface area (Å²) in [5.74, 6) is -0.0399. The van der Waals surface area contributed by atoms with E-state index < -0.39 is 0 Å². The number of rotatable bonds is 3. The van der Waals surface area contributed by atoms with Crippen molar-refractivity contribution < 1.29 is 9.90 Å². The average molecular weight is 194 g/mol. The first-order valence-electron chi connectivity index (χ1n) is 5.19. The third-order valence-corrected chi connectivity index (χ3v) is 2.48. The van der Waals surface area contributed by atoms with E-state index in [0.29, 0.717) is 6.42 Å². The molecular weight excluding hydrogens is 176 g/mol. The summed E-state index contributed by atoms with van der Waals surface area (Å²) in [4.78, 5) is 11.2. The van der Waals surface area contributed by atoms with Gasteiger partial charge in [0.1, 0.15) is 0 Å². The van der Waals surface area contributed by atoms with Crippen molar-refractivity contribution in [3.63, 3.8) is 0 Å². The molecule has 0 unspecified atom stereocenters. The molecule has 0 amide bonds. The van der Waals surface area contributed by atoms with E-state index in [1.165, 1.54) is 5.57 Å². The zero-order valence-corrected chi connectivity index (χ0v) is 8.97. The lowest BCUT2D eigenvalue weighted by molar-refractivity contribution is -0.118. The van der Waals surface area contributed by atoms with Crippen LogP contribution in [0.1, 0.15) is 46.0 Å². The highest BCUT2D eigenvalue weighted by molar-refractivity contribution is 5.94. The molecule has 0 atom stereocenters. The van der Waals surface area contributed by atoms with E-state index in [1.54, 1.807) is 0 Å². The highest BCUT2D eigenvalue weighted by Crippen LogP contribution is 2.24. The summed E-state index contributed by atoms with van der Waals surface area (Å²) in [7, 11) is 0. The Balaban J connectivity index is 2.55. The highest BCUT2D eigenvalue weighted by Gasteiger charge is 2.18. The van der Waals surface area contributed by atoms with Gasteiger partial charge in [0.25, 0.3) is 0 Å². The number of aliphatic hydroxyl groups excluding tert-OH is 1. The third kappa shape index (κ3) is 3.02. The molecule has 1 N–H and O–H groups in total. The van der Waals surface area contributed by atoms with Crippen LogP contribution in [0.2, 0.25) is 0 Å². The van der Waals surface area contributed by atoms with Crippen LogP contribution in [0.5, 0.6) is 0 Å². The normalized spacial score (nSPS) is 17.1. The Hall–Kier alpha value is -1.05. The molecule has 0 aromatic rings. The van der Waals surface area contributed by atoms with Crippen LogP contribution in [0, 0.1) is 0 Å². The smallest absolute Gasteiger partial charge is 0.197 e. The molecule has 0 saturated heterocycles. The maximum atomic E-state index is 11.2. The second-order valence-corrected chi connectivity index (χ2v) is 4.05. The second kappa shape index (κ2) is 4.99. The summed E-state index contributed by atoms with van der Waals surface area (Å²) < 4.78 is 0. The summed E-state index contributed by atoms with van der Waals surface area (Å²) in [5, 5.41) is 9.51. The Morgan fingerprint density at radius 3 is 2.79 bits per heavy atom. The van der Waals surface area contributed by atoms with Crippen LogP contribution in [0.4, 0.5) is 0 Å². The molecule has 0 heterocycles. The van der Waals surface area contributed by atoms with Crippen LogP contribution in [-0.4, -0.2) is 10.9 Å². The lowest BCUT2D eigenvalue weighted by atomic mass is 9.93. The van der Waals surface area contributed by atoms with Crippen LogP contribution < -0.4 is 0 Å². The van der Waals surface area contributed by atoms with Crippen molar-refractivity contribution in [2.24, 2.45) is 0 Å². The minimum atomic E-state index is -0.0801. The van der Waals surface area contributed by atoms with Crippen LogP contribution in [0.15, 0.2) is 23.0 Å². The Bertz CT molecular complexity index is 281. The number of aliphatic hydroxyl groups is 1. The maximum Gasteiger partial charge on any atom is 0.197 e. The van der Waals surface area contributed by atoms with Crippen molar-refractivity contribution in [1.29, 1.82) is 0 Å². The fourth-order valence-electron chi connectivity index (χ4n) is 1.67. The van der Waals surface area contributed by atoms with Crippen LogP contribution in [0.3, 0.4) is 0 Å². The van der Waals surface area contributed by atoms with E-state index in [9.17, 15) is 9.90 Å². The second-order valence-electron chi connectivity index (χ2n) is 4.05. The first kappa shape index (κ1) is 11.0. The van der Waals surface area contributed by atoms with Crippen molar-refractivity contribution in [1.82, 2.24) is 0 Å². The van der Waals surface area contributed by atoms with Gasteiger partial charge in [-0.2, -0.15) is 0 Å². The molecule has 0 bridgehead atoms. The van der Waals surface area contributed by atoms with Crippen molar-refractivity contribution in [2.45, 2.75) is 46.0 Å². The van der Waals surface area contributed by atoms with Gasteiger partial charge in [0.2, 0.25) is 0 Å². The molecule has 2 heteroatoms. The Morgan fingerprint density at radius 2 is 2.14 bits per heavy atom. The van der Waals surface area contributed by atoms with Gasteiger partial charge in [-0.15, -0.1) is 0 Å². The predicted molar refractivity (Wildman–Crippen MR) is 57.2 cm³/mol. The summed E-state index contributed by atoms with van der Waals surface area (Å²) in [6.45, 7) is 4.11. The van der Waals surface area contributed by atoms with E-state index in [0.717, 1.165) is 31.3 Å². The van der Waals surface area contributed by atoms with E-state index in [1.807, 2.05) is 0 Å². The number of ketones is 1. The summed E-state index contributed by atoms with van der Waals surface area (Å²) in [6.07, 6.45) is 6.18. The predicted octanol–water partition coefficient (Wildman–Crippen LogP) is 3.30. The number of hydrogen-bond donors (Lipinski definition) is 1. The molecule has 0 aliphatic heterocycles. The average Bonchev–Trinajstić information content (AvgIpc) is 2.12. The standard InChI is InChI=1S/C12H18O2/c1-9(2)5-3-6-10-7-4-8-11(13)12(10)14/h5,14H,3-4,6-8H2,1-2H3. The fraction of sp³-hybridized carbons (Fsp3) is 0.583. The quantitative estimate of drug-likeness (QED) is 0.700. The molecule has 0 radical (unpaired) electrons. The summed E-state index contributed by atoms with van der Waals surface area (Å²) >= 11 is 0. The molecule has 1 aliphatic carbocycles. The van der Waals surface area contributed by atoms with E-state index >= 15 is 0 Å². The van der Waals surface area contributed by atoms with Gasteiger partial charge in [0.15, 0.2) is 11.5 Å². The molecule has 78 valence electrons. The third-order valence-electron chi connectivity index (χ3n) is 2.48. The molecule has 14 heavy (non-hydrogen) atoms.